The van der Waals surface area contributed by atoms with Crippen molar-refractivity contribution in [3.8, 4) is 28.5 Å². The molecule has 0 saturated carbocycles. The SMILES string of the molecule is CCn1c(-c2nonc2N)nc2c(-c3cccc(Cl)c3)ncc(OC(=O)NC(C)(C)C)c21. The number of carbonyl (C=O) groups is 1. The molecular weight excluding hydrogens is 434 g/mol. The highest BCUT2D eigenvalue weighted by Gasteiger charge is 2.25. The summed E-state index contributed by atoms with van der Waals surface area (Å²) in [6.07, 6.45) is 0.882. The quantitative estimate of drug-likeness (QED) is 0.465. The molecule has 1 aromatic carbocycles. The highest BCUT2D eigenvalue weighted by atomic mass is 35.5. The molecule has 10 nitrogen and oxygen atoms in total. The Morgan fingerprint density at radius 1 is 1.28 bits per heavy atom. The molecular formula is C21H22ClN7O3. The molecule has 32 heavy (non-hydrogen) atoms. The van der Waals surface area contributed by atoms with Gasteiger partial charge in [-0.3, -0.25) is 0 Å². The second-order valence-electron chi connectivity index (χ2n) is 8.12. The van der Waals surface area contributed by atoms with E-state index >= 15 is 0 Å². The van der Waals surface area contributed by atoms with Gasteiger partial charge in [0.05, 0.1) is 11.9 Å². The highest BCUT2D eigenvalue weighted by Crippen LogP contribution is 2.37. The maximum absolute atomic E-state index is 12.5. The number of nitrogens with one attached hydrogen (secondary N) is 1. The minimum Gasteiger partial charge on any atom is -0.406 e. The number of anilines is 1. The summed E-state index contributed by atoms with van der Waals surface area (Å²) in [5.74, 6) is 0.752. The van der Waals surface area contributed by atoms with E-state index in [9.17, 15) is 4.79 Å². The van der Waals surface area contributed by atoms with Crippen LogP contribution in [0.2, 0.25) is 5.02 Å². The van der Waals surface area contributed by atoms with Gasteiger partial charge in [-0.2, -0.15) is 0 Å². The summed E-state index contributed by atoms with van der Waals surface area (Å²) in [4.78, 5) is 21.8. The average Bonchev–Trinajstić information content (AvgIpc) is 3.29. The zero-order valence-electron chi connectivity index (χ0n) is 18.0. The number of ether oxygens (including phenoxy) is 1. The lowest BCUT2D eigenvalue weighted by Crippen LogP contribution is -2.42. The van der Waals surface area contributed by atoms with Gasteiger partial charge in [-0.1, -0.05) is 23.7 Å². The van der Waals surface area contributed by atoms with E-state index in [1.807, 2.05) is 44.4 Å². The fourth-order valence-electron chi connectivity index (χ4n) is 3.31. The summed E-state index contributed by atoms with van der Waals surface area (Å²) in [5, 5.41) is 10.9. The molecule has 11 heteroatoms. The molecule has 0 saturated heterocycles. The Bertz CT molecular complexity index is 1310. The van der Waals surface area contributed by atoms with Crippen molar-refractivity contribution < 1.29 is 14.2 Å². The second kappa shape index (κ2) is 8.12. The molecule has 4 rings (SSSR count). The largest absolute Gasteiger partial charge is 0.413 e. The van der Waals surface area contributed by atoms with Crippen LogP contribution in [0.25, 0.3) is 33.8 Å². The fourth-order valence-corrected chi connectivity index (χ4v) is 3.50. The number of benzene rings is 1. The number of rotatable bonds is 4. The monoisotopic (exact) mass is 455 g/mol. The van der Waals surface area contributed by atoms with Crippen LogP contribution in [0.5, 0.6) is 5.75 Å². The van der Waals surface area contributed by atoms with E-state index in [4.69, 9.17) is 31.7 Å². The van der Waals surface area contributed by atoms with Gasteiger partial charge in [0.1, 0.15) is 11.0 Å². The third kappa shape index (κ3) is 4.09. The van der Waals surface area contributed by atoms with Gasteiger partial charge in [0.2, 0.25) is 0 Å². The van der Waals surface area contributed by atoms with E-state index in [1.54, 1.807) is 12.1 Å². The highest BCUT2D eigenvalue weighted by molar-refractivity contribution is 6.30. The smallest absolute Gasteiger partial charge is 0.406 e. The Balaban J connectivity index is 1.95. The van der Waals surface area contributed by atoms with Crippen molar-refractivity contribution in [2.24, 2.45) is 0 Å². The summed E-state index contributed by atoms with van der Waals surface area (Å²) < 4.78 is 12.2. The number of nitrogen functional groups attached to an aromatic ring is 1. The number of aromatic nitrogens is 5. The van der Waals surface area contributed by atoms with Crippen molar-refractivity contribution in [3.05, 3.63) is 35.5 Å². The van der Waals surface area contributed by atoms with Crippen molar-refractivity contribution in [1.29, 1.82) is 0 Å². The molecule has 0 unspecified atom stereocenters. The molecule has 166 valence electrons. The lowest BCUT2D eigenvalue weighted by molar-refractivity contribution is 0.191. The van der Waals surface area contributed by atoms with E-state index in [2.05, 4.69) is 20.6 Å². The number of carbonyl (C=O) groups excluding carboxylic acids is 1. The van der Waals surface area contributed by atoms with Crippen molar-refractivity contribution in [3.63, 3.8) is 0 Å². The van der Waals surface area contributed by atoms with Crippen LogP contribution in [0.15, 0.2) is 35.1 Å². The van der Waals surface area contributed by atoms with Crippen LogP contribution in [0.4, 0.5) is 10.6 Å². The second-order valence-corrected chi connectivity index (χ2v) is 8.56. The molecule has 0 radical (unpaired) electrons. The summed E-state index contributed by atoms with van der Waals surface area (Å²) >= 11 is 6.20. The Labute approximate surface area is 188 Å². The maximum atomic E-state index is 12.5. The molecule has 4 aromatic rings. The molecule has 0 aliphatic rings. The van der Waals surface area contributed by atoms with Gasteiger partial charge in [0.15, 0.2) is 23.1 Å². The van der Waals surface area contributed by atoms with Crippen LogP contribution in [-0.4, -0.2) is 36.5 Å². The normalized spacial score (nSPS) is 11.7. The maximum Gasteiger partial charge on any atom is 0.413 e. The van der Waals surface area contributed by atoms with E-state index in [-0.39, 0.29) is 17.3 Å². The number of nitrogens with two attached hydrogens (primary N) is 1. The van der Waals surface area contributed by atoms with Crippen LogP contribution < -0.4 is 15.8 Å². The Morgan fingerprint density at radius 3 is 2.69 bits per heavy atom. The van der Waals surface area contributed by atoms with Gasteiger partial charge >= 0.3 is 6.09 Å². The van der Waals surface area contributed by atoms with Gasteiger partial charge in [0, 0.05) is 22.7 Å². The summed E-state index contributed by atoms with van der Waals surface area (Å²) in [6, 6.07) is 7.25. The summed E-state index contributed by atoms with van der Waals surface area (Å²) in [7, 11) is 0. The lowest BCUT2D eigenvalue weighted by atomic mass is 10.1. The number of fused-ring (bicyclic) bond motifs is 1. The average molecular weight is 456 g/mol. The molecule has 3 N–H and O–H groups in total. The van der Waals surface area contributed by atoms with Crippen LogP contribution in [0, 0.1) is 0 Å². The Kier molecular flexibility index (Phi) is 5.47. The fraction of sp³-hybridized carbons (Fsp3) is 0.286. The topological polar surface area (TPSA) is 134 Å². The van der Waals surface area contributed by atoms with Crippen LogP contribution in [0.3, 0.4) is 0 Å². The molecule has 3 heterocycles. The zero-order valence-corrected chi connectivity index (χ0v) is 18.8. The third-order valence-corrected chi connectivity index (χ3v) is 4.79. The molecule has 0 atom stereocenters. The molecule has 0 bridgehead atoms. The number of pyridine rings is 1. The Hall–Kier alpha value is -3.66. The molecule has 0 aliphatic heterocycles. The van der Waals surface area contributed by atoms with Crippen molar-refractivity contribution in [1.82, 2.24) is 30.2 Å². The summed E-state index contributed by atoms with van der Waals surface area (Å²) in [6.45, 7) is 7.98. The molecule has 3 aromatic heterocycles. The Morgan fingerprint density at radius 2 is 2.06 bits per heavy atom. The van der Waals surface area contributed by atoms with E-state index in [1.165, 1.54) is 6.20 Å². The first-order valence-corrected chi connectivity index (χ1v) is 10.3. The van der Waals surface area contributed by atoms with Crippen LogP contribution >= 0.6 is 11.6 Å². The number of aryl methyl sites for hydroxylation is 1. The van der Waals surface area contributed by atoms with Gasteiger partial charge in [-0.05, 0) is 50.1 Å². The van der Waals surface area contributed by atoms with Crippen molar-refractivity contribution >= 4 is 34.5 Å². The van der Waals surface area contributed by atoms with Gasteiger partial charge in [-0.15, -0.1) is 0 Å². The third-order valence-electron chi connectivity index (χ3n) is 4.56. The number of hydrogen-bond acceptors (Lipinski definition) is 8. The lowest BCUT2D eigenvalue weighted by Gasteiger charge is -2.20. The first kappa shape index (κ1) is 21.6. The minimum absolute atomic E-state index is 0.0974. The van der Waals surface area contributed by atoms with E-state index in [0.717, 1.165) is 5.56 Å². The first-order chi connectivity index (χ1) is 15.2. The molecule has 1 amide bonds. The van der Waals surface area contributed by atoms with Gasteiger partial charge < -0.3 is 20.4 Å². The van der Waals surface area contributed by atoms with Crippen molar-refractivity contribution in [2.45, 2.75) is 39.8 Å². The van der Waals surface area contributed by atoms with E-state index < -0.39 is 11.6 Å². The zero-order chi connectivity index (χ0) is 23.0. The molecule has 0 aliphatic carbocycles. The standard InChI is InChI=1S/C21H22ClN7O3/c1-5-29-17-13(31-20(30)26-21(2,3)4)10-24-14(11-7-6-8-12(22)9-11)15(17)25-19(29)16-18(23)28-32-27-16/h6-10H,5H2,1-4H3,(H2,23,28)(H,26,30). The first-order valence-electron chi connectivity index (χ1n) is 9.91. The minimum atomic E-state index is -0.607. The van der Waals surface area contributed by atoms with Gasteiger partial charge in [0.25, 0.3) is 0 Å². The molecule has 0 fully saturated rings. The van der Waals surface area contributed by atoms with Crippen LogP contribution in [-0.2, 0) is 6.54 Å². The molecule has 0 spiro atoms. The summed E-state index contributed by atoms with van der Waals surface area (Å²) in [5.41, 5.74) is 8.11. The number of amides is 1. The number of hydrogen-bond donors (Lipinski definition) is 2. The van der Waals surface area contributed by atoms with Crippen LogP contribution in [0.1, 0.15) is 27.7 Å². The number of imidazole rings is 1. The number of halogens is 1. The van der Waals surface area contributed by atoms with Gasteiger partial charge in [-0.25, -0.2) is 19.4 Å². The predicted octanol–water partition coefficient (Wildman–Crippen LogP) is 4.29. The number of nitrogens with zero attached hydrogens (tertiary/aromatic N) is 5. The van der Waals surface area contributed by atoms with Crippen molar-refractivity contribution in [2.75, 3.05) is 5.73 Å². The predicted molar refractivity (Wildman–Crippen MR) is 120 cm³/mol. The van der Waals surface area contributed by atoms with E-state index in [0.29, 0.717) is 34.1 Å².